The molecule has 0 aliphatic heterocycles. The molecule has 0 spiro atoms. The van der Waals surface area contributed by atoms with Crippen LogP contribution in [0, 0.1) is 17.8 Å². The van der Waals surface area contributed by atoms with E-state index >= 15 is 0 Å². The van der Waals surface area contributed by atoms with Crippen LogP contribution in [0.15, 0.2) is 0 Å². The van der Waals surface area contributed by atoms with Crippen molar-refractivity contribution < 1.29 is 9.90 Å². The minimum absolute atomic E-state index is 0.326. The Balaban J connectivity index is 3.49. The molecule has 0 aliphatic carbocycles. The number of rotatable bonds is 14. The molecule has 126 valence electrons. The third-order valence-corrected chi connectivity index (χ3v) is 4.69. The standard InChI is InChI=1S/C19H38O2/c1-5-6-9-16(2)10-7-11-17(3)12-8-13-18(4)14-15-19(20)21/h16-18H,5-15H2,1-4H3,(H,20,21). The van der Waals surface area contributed by atoms with Crippen molar-refractivity contribution in [2.45, 2.75) is 98.3 Å². The van der Waals surface area contributed by atoms with Crippen molar-refractivity contribution in [3.8, 4) is 0 Å². The number of carboxylic acid groups (broad SMARTS) is 1. The number of aliphatic carboxylic acids is 1. The van der Waals surface area contributed by atoms with E-state index in [9.17, 15) is 4.79 Å². The Kier molecular flexibility index (Phi) is 12.8. The van der Waals surface area contributed by atoms with E-state index in [0.29, 0.717) is 12.3 Å². The molecule has 21 heavy (non-hydrogen) atoms. The van der Waals surface area contributed by atoms with Gasteiger partial charge in [-0.2, -0.15) is 0 Å². The van der Waals surface area contributed by atoms with Crippen LogP contribution in [0.2, 0.25) is 0 Å². The molecule has 0 aromatic carbocycles. The summed E-state index contributed by atoms with van der Waals surface area (Å²) < 4.78 is 0. The number of carbonyl (C=O) groups is 1. The summed E-state index contributed by atoms with van der Waals surface area (Å²) in [6.45, 7) is 9.22. The van der Waals surface area contributed by atoms with Crippen molar-refractivity contribution in [2.24, 2.45) is 17.8 Å². The van der Waals surface area contributed by atoms with Crippen LogP contribution in [-0.2, 0) is 4.79 Å². The first-order chi connectivity index (χ1) is 9.95. The zero-order valence-electron chi connectivity index (χ0n) is 14.9. The monoisotopic (exact) mass is 298 g/mol. The molecule has 1 N–H and O–H groups in total. The van der Waals surface area contributed by atoms with Crippen LogP contribution in [0.5, 0.6) is 0 Å². The number of carboxylic acids is 1. The first-order valence-electron chi connectivity index (χ1n) is 9.17. The van der Waals surface area contributed by atoms with E-state index in [0.717, 1.165) is 18.3 Å². The fourth-order valence-corrected chi connectivity index (χ4v) is 2.99. The van der Waals surface area contributed by atoms with Crippen LogP contribution in [0.3, 0.4) is 0 Å². The van der Waals surface area contributed by atoms with Crippen molar-refractivity contribution >= 4 is 5.97 Å². The zero-order valence-corrected chi connectivity index (χ0v) is 14.9. The second-order valence-electron chi connectivity index (χ2n) is 7.25. The molecule has 0 fully saturated rings. The second-order valence-corrected chi connectivity index (χ2v) is 7.25. The lowest BCUT2D eigenvalue weighted by atomic mass is 9.91. The Hall–Kier alpha value is -0.530. The lowest BCUT2D eigenvalue weighted by molar-refractivity contribution is -0.137. The third-order valence-electron chi connectivity index (χ3n) is 4.69. The minimum atomic E-state index is -0.660. The Morgan fingerprint density at radius 2 is 1.14 bits per heavy atom. The largest absolute Gasteiger partial charge is 0.481 e. The highest BCUT2D eigenvalue weighted by Crippen LogP contribution is 2.22. The van der Waals surface area contributed by atoms with Gasteiger partial charge in [-0.25, -0.2) is 0 Å². The van der Waals surface area contributed by atoms with Crippen molar-refractivity contribution in [1.82, 2.24) is 0 Å². The van der Waals surface area contributed by atoms with Gasteiger partial charge in [-0.1, -0.05) is 85.5 Å². The van der Waals surface area contributed by atoms with Gasteiger partial charge < -0.3 is 5.11 Å². The molecule has 0 heterocycles. The molecule has 0 aromatic rings. The average Bonchev–Trinajstić information content (AvgIpc) is 2.42. The summed E-state index contributed by atoms with van der Waals surface area (Å²) in [5.41, 5.74) is 0. The Morgan fingerprint density at radius 3 is 1.52 bits per heavy atom. The highest BCUT2D eigenvalue weighted by Gasteiger charge is 2.08. The highest BCUT2D eigenvalue weighted by atomic mass is 16.4. The molecule has 0 saturated heterocycles. The van der Waals surface area contributed by atoms with Crippen LogP contribution in [0.4, 0.5) is 0 Å². The summed E-state index contributed by atoms with van der Waals surface area (Å²) in [6, 6.07) is 0. The average molecular weight is 299 g/mol. The van der Waals surface area contributed by atoms with Crippen LogP contribution >= 0.6 is 0 Å². The maximum Gasteiger partial charge on any atom is 0.303 e. The van der Waals surface area contributed by atoms with Crippen LogP contribution < -0.4 is 0 Å². The minimum Gasteiger partial charge on any atom is -0.481 e. The summed E-state index contributed by atoms with van der Waals surface area (Å²) in [6.07, 6.45) is 13.1. The summed E-state index contributed by atoms with van der Waals surface area (Å²) in [5, 5.41) is 8.67. The molecule has 3 atom stereocenters. The van der Waals surface area contributed by atoms with E-state index in [1.165, 1.54) is 57.8 Å². The number of unbranched alkanes of at least 4 members (excludes halogenated alkanes) is 1. The molecular weight excluding hydrogens is 260 g/mol. The van der Waals surface area contributed by atoms with Gasteiger partial charge in [0.05, 0.1) is 0 Å². The SMILES string of the molecule is CCCCC(C)CCCC(C)CCCC(C)CCC(=O)O. The Labute approximate surface area is 132 Å². The molecule has 2 nitrogen and oxygen atoms in total. The molecule has 0 aliphatic rings. The molecule has 0 bridgehead atoms. The lowest BCUT2D eigenvalue weighted by Crippen LogP contribution is -2.03. The lowest BCUT2D eigenvalue weighted by Gasteiger charge is -2.15. The van der Waals surface area contributed by atoms with Gasteiger partial charge in [0, 0.05) is 6.42 Å². The third kappa shape index (κ3) is 14.2. The Morgan fingerprint density at radius 1 is 0.762 bits per heavy atom. The molecule has 0 amide bonds. The summed E-state index contributed by atoms with van der Waals surface area (Å²) in [5.74, 6) is 1.62. The second kappa shape index (κ2) is 13.2. The molecule has 2 heteroatoms. The molecule has 0 saturated carbocycles. The smallest absolute Gasteiger partial charge is 0.303 e. The predicted octanol–water partition coefficient (Wildman–Crippen LogP) is 6.29. The van der Waals surface area contributed by atoms with Gasteiger partial charge in [0.25, 0.3) is 0 Å². The Bertz CT molecular complexity index is 250. The fraction of sp³-hybridized carbons (Fsp3) is 0.947. The van der Waals surface area contributed by atoms with Crippen molar-refractivity contribution in [3.05, 3.63) is 0 Å². The van der Waals surface area contributed by atoms with Gasteiger partial charge in [-0.15, -0.1) is 0 Å². The van der Waals surface area contributed by atoms with Gasteiger partial charge in [-0.05, 0) is 24.2 Å². The maximum atomic E-state index is 10.5. The van der Waals surface area contributed by atoms with Crippen LogP contribution in [0.25, 0.3) is 0 Å². The predicted molar refractivity (Wildman–Crippen MR) is 91.6 cm³/mol. The molecule has 0 rings (SSSR count). The van der Waals surface area contributed by atoms with E-state index in [2.05, 4.69) is 27.7 Å². The van der Waals surface area contributed by atoms with Crippen molar-refractivity contribution in [3.63, 3.8) is 0 Å². The zero-order chi connectivity index (χ0) is 16.1. The van der Waals surface area contributed by atoms with E-state index < -0.39 is 5.97 Å². The van der Waals surface area contributed by atoms with Gasteiger partial charge >= 0.3 is 5.97 Å². The molecule has 0 radical (unpaired) electrons. The quantitative estimate of drug-likeness (QED) is 0.409. The van der Waals surface area contributed by atoms with E-state index in [1.54, 1.807) is 0 Å². The first kappa shape index (κ1) is 20.5. The van der Waals surface area contributed by atoms with Crippen molar-refractivity contribution in [2.75, 3.05) is 0 Å². The number of hydrogen-bond donors (Lipinski definition) is 1. The maximum absolute atomic E-state index is 10.5. The summed E-state index contributed by atoms with van der Waals surface area (Å²) in [7, 11) is 0. The highest BCUT2D eigenvalue weighted by molar-refractivity contribution is 5.66. The van der Waals surface area contributed by atoms with E-state index in [-0.39, 0.29) is 0 Å². The first-order valence-corrected chi connectivity index (χ1v) is 9.17. The van der Waals surface area contributed by atoms with Crippen molar-refractivity contribution in [1.29, 1.82) is 0 Å². The van der Waals surface area contributed by atoms with Gasteiger partial charge in [0.1, 0.15) is 0 Å². The molecule has 3 unspecified atom stereocenters. The summed E-state index contributed by atoms with van der Waals surface area (Å²) >= 11 is 0. The van der Waals surface area contributed by atoms with Gasteiger partial charge in [0.15, 0.2) is 0 Å². The molecule has 0 aromatic heterocycles. The van der Waals surface area contributed by atoms with Gasteiger partial charge in [0.2, 0.25) is 0 Å². The number of hydrogen-bond acceptors (Lipinski definition) is 1. The summed E-state index contributed by atoms with van der Waals surface area (Å²) in [4.78, 5) is 10.5. The van der Waals surface area contributed by atoms with Gasteiger partial charge in [-0.3, -0.25) is 4.79 Å². The topological polar surface area (TPSA) is 37.3 Å². The van der Waals surface area contributed by atoms with Crippen LogP contribution in [0.1, 0.15) is 98.3 Å². The van der Waals surface area contributed by atoms with E-state index in [1.807, 2.05) is 0 Å². The fourth-order valence-electron chi connectivity index (χ4n) is 2.99. The van der Waals surface area contributed by atoms with E-state index in [4.69, 9.17) is 5.11 Å². The normalized spacial score (nSPS) is 15.6. The molecular formula is C19H38O2. The van der Waals surface area contributed by atoms with Crippen LogP contribution in [-0.4, -0.2) is 11.1 Å².